The zero-order valence-corrected chi connectivity index (χ0v) is 18.6. The number of furan rings is 1. The van der Waals surface area contributed by atoms with Gasteiger partial charge in [0.05, 0.1) is 5.56 Å². The molecule has 2 heterocycles. The van der Waals surface area contributed by atoms with E-state index in [1.807, 2.05) is 6.07 Å². The SMILES string of the molecule is Cc1ccc2c(oc3cc(F)ccc32)c1-c1cc(CC2CCCC2)c2ccccc2[n+]1C. The summed E-state index contributed by atoms with van der Waals surface area (Å²) < 4.78 is 22.5. The standard InChI is InChI=1S/C29H27FNO/c1-18-11-13-24-23-14-12-21(30)17-27(23)32-29(24)28(18)26-16-20(15-19-7-3-4-8-19)22-9-5-6-10-25(22)31(26)2/h5-6,9-14,16-17,19H,3-4,7-8,15H2,1-2H3/q+1. The molecule has 0 spiro atoms. The molecule has 160 valence electrons. The molecule has 0 amide bonds. The van der Waals surface area contributed by atoms with Crippen molar-refractivity contribution < 1.29 is 13.4 Å². The lowest BCUT2D eigenvalue weighted by molar-refractivity contribution is -0.633. The number of nitrogens with zero attached hydrogens (tertiary/aromatic N) is 1. The molecular weight excluding hydrogens is 397 g/mol. The summed E-state index contributed by atoms with van der Waals surface area (Å²) in [7, 11) is 2.14. The van der Waals surface area contributed by atoms with Gasteiger partial charge in [0.15, 0.2) is 0 Å². The van der Waals surface area contributed by atoms with E-state index in [9.17, 15) is 4.39 Å². The van der Waals surface area contributed by atoms with Crippen LogP contribution in [0.3, 0.4) is 0 Å². The fourth-order valence-corrected chi connectivity index (χ4v) is 5.67. The highest BCUT2D eigenvalue weighted by atomic mass is 19.1. The number of aryl methyl sites for hydroxylation is 2. The zero-order valence-electron chi connectivity index (χ0n) is 18.6. The molecule has 2 aromatic heterocycles. The average molecular weight is 425 g/mol. The van der Waals surface area contributed by atoms with Gasteiger partial charge in [-0.1, -0.05) is 49.9 Å². The van der Waals surface area contributed by atoms with E-state index in [-0.39, 0.29) is 5.82 Å². The summed E-state index contributed by atoms with van der Waals surface area (Å²) in [5.41, 5.74) is 7.49. The van der Waals surface area contributed by atoms with E-state index in [1.165, 1.54) is 54.3 Å². The van der Waals surface area contributed by atoms with Gasteiger partial charge in [-0.05, 0) is 48.6 Å². The van der Waals surface area contributed by atoms with Crippen molar-refractivity contribution in [3.8, 4) is 11.3 Å². The first-order chi connectivity index (χ1) is 15.6. The van der Waals surface area contributed by atoms with Crippen LogP contribution in [0, 0.1) is 18.7 Å². The van der Waals surface area contributed by atoms with Crippen molar-refractivity contribution in [3.63, 3.8) is 0 Å². The van der Waals surface area contributed by atoms with E-state index >= 15 is 0 Å². The summed E-state index contributed by atoms with van der Waals surface area (Å²) >= 11 is 0. The van der Waals surface area contributed by atoms with Gasteiger partial charge < -0.3 is 4.42 Å². The van der Waals surface area contributed by atoms with E-state index in [0.717, 1.165) is 45.5 Å². The molecule has 0 radical (unpaired) electrons. The number of benzene rings is 3. The largest absolute Gasteiger partial charge is 0.455 e. The van der Waals surface area contributed by atoms with Crippen LogP contribution in [0.4, 0.5) is 4.39 Å². The molecule has 1 aliphatic carbocycles. The van der Waals surface area contributed by atoms with Crippen molar-refractivity contribution >= 4 is 32.8 Å². The van der Waals surface area contributed by atoms with Gasteiger partial charge in [0.2, 0.25) is 11.2 Å². The number of pyridine rings is 1. The monoisotopic (exact) mass is 424 g/mol. The normalized spacial score (nSPS) is 14.8. The topological polar surface area (TPSA) is 17.0 Å². The molecule has 3 aromatic carbocycles. The van der Waals surface area contributed by atoms with Crippen LogP contribution in [0.2, 0.25) is 0 Å². The Morgan fingerprint density at radius 1 is 0.938 bits per heavy atom. The van der Waals surface area contributed by atoms with Gasteiger partial charge in [0.25, 0.3) is 0 Å². The fourth-order valence-electron chi connectivity index (χ4n) is 5.67. The van der Waals surface area contributed by atoms with Crippen LogP contribution >= 0.6 is 0 Å². The number of rotatable bonds is 3. The highest BCUT2D eigenvalue weighted by molar-refractivity contribution is 6.09. The minimum atomic E-state index is -0.273. The first-order valence-electron chi connectivity index (χ1n) is 11.6. The van der Waals surface area contributed by atoms with Crippen LogP contribution in [0.25, 0.3) is 44.1 Å². The molecule has 2 nitrogen and oxygen atoms in total. The summed E-state index contributed by atoms with van der Waals surface area (Å²) in [6.07, 6.45) is 6.48. The molecule has 6 rings (SSSR count). The third-order valence-electron chi connectivity index (χ3n) is 7.34. The third-order valence-corrected chi connectivity index (χ3v) is 7.34. The fraction of sp³-hybridized carbons (Fsp3) is 0.276. The molecule has 32 heavy (non-hydrogen) atoms. The Bertz CT molecular complexity index is 1490. The second kappa shape index (κ2) is 7.44. The highest BCUT2D eigenvalue weighted by Gasteiger charge is 2.25. The minimum Gasteiger partial charge on any atom is -0.455 e. The Kier molecular flexibility index (Phi) is 4.53. The van der Waals surface area contributed by atoms with E-state index in [4.69, 9.17) is 4.42 Å². The quantitative estimate of drug-likeness (QED) is 0.276. The van der Waals surface area contributed by atoms with Crippen LogP contribution in [0.5, 0.6) is 0 Å². The van der Waals surface area contributed by atoms with Crippen molar-refractivity contribution in [2.75, 3.05) is 0 Å². The highest BCUT2D eigenvalue weighted by Crippen LogP contribution is 2.38. The van der Waals surface area contributed by atoms with Gasteiger partial charge in [0, 0.05) is 34.4 Å². The zero-order chi connectivity index (χ0) is 21.8. The summed E-state index contributed by atoms with van der Waals surface area (Å²) in [6, 6.07) is 20.1. The molecule has 1 aliphatic rings. The van der Waals surface area contributed by atoms with Crippen LogP contribution in [0.15, 0.2) is 65.1 Å². The molecule has 0 unspecified atom stereocenters. The van der Waals surface area contributed by atoms with E-state index in [1.54, 1.807) is 0 Å². The molecule has 0 N–H and O–H groups in total. The Balaban J connectivity index is 1.65. The summed E-state index contributed by atoms with van der Waals surface area (Å²) in [5, 5.41) is 3.32. The van der Waals surface area contributed by atoms with Crippen molar-refractivity contribution in [1.82, 2.24) is 0 Å². The van der Waals surface area contributed by atoms with E-state index in [0.29, 0.717) is 5.58 Å². The Morgan fingerprint density at radius 2 is 1.72 bits per heavy atom. The van der Waals surface area contributed by atoms with Crippen LogP contribution in [-0.4, -0.2) is 0 Å². The number of para-hydroxylation sites is 1. The van der Waals surface area contributed by atoms with Gasteiger partial charge in [-0.2, -0.15) is 4.57 Å². The maximum atomic E-state index is 13.9. The Labute approximate surface area is 187 Å². The number of halogens is 1. The molecular formula is C29H27FNO+. The second-order valence-electron chi connectivity index (χ2n) is 9.36. The van der Waals surface area contributed by atoms with Crippen molar-refractivity contribution in [1.29, 1.82) is 0 Å². The maximum Gasteiger partial charge on any atom is 0.217 e. The van der Waals surface area contributed by atoms with Gasteiger partial charge in [-0.25, -0.2) is 4.39 Å². The Hall–Kier alpha value is -3.20. The smallest absolute Gasteiger partial charge is 0.217 e. The molecule has 0 atom stereocenters. The number of fused-ring (bicyclic) bond motifs is 4. The number of aromatic nitrogens is 1. The predicted molar refractivity (Wildman–Crippen MR) is 128 cm³/mol. The van der Waals surface area contributed by atoms with Crippen LogP contribution in [0.1, 0.15) is 36.8 Å². The molecule has 1 saturated carbocycles. The van der Waals surface area contributed by atoms with Gasteiger partial charge in [-0.3, -0.25) is 0 Å². The molecule has 0 aliphatic heterocycles. The van der Waals surface area contributed by atoms with E-state index < -0.39 is 0 Å². The molecule has 0 bridgehead atoms. The summed E-state index contributed by atoms with van der Waals surface area (Å²) in [4.78, 5) is 0. The third kappa shape index (κ3) is 3.02. The van der Waals surface area contributed by atoms with Gasteiger partial charge >= 0.3 is 0 Å². The first-order valence-corrected chi connectivity index (χ1v) is 11.6. The molecule has 3 heteroatoms. The molecule has 5 aromatic rings. The summed E-state index contributed by atoms with van der Waals surface area (Å²) in [5.74, 6) is 0.495. The summed E-state index contributed by atoms with van der Waals surface area (Å²) in [6.45, 7) is 2.13. The Morgan fingerprint density at radius 3 is 2.56 bits per heavy atom. The maximum absolute atomic E-state index is 13.9. The second-order valence-corrected chi connectivity index (χ2v) is 9.36. The lowest BCUT2D eigenvalue weighted by Gasteiger charge is -2.14. The van der Waals surface area contributed by atoms with Crippen LogP contribution < -0.4 is 4.57 Å². The van der Waals surface area contributed by atoms with Gasteiger partial charge in [-0.15, -0.1) is 0 Å². The lowest BCUT2D eigenvalue weighted by atomic mass is 9.92. The number of hydrogen-bond acceptors (Lipinski definition) is 1. The van der Waals surface area contributed by atoms with Crippen molar-refractivity contribution in [2.45, 2.75) is 39.0 Å². The number of hydrogen-bond donors (Lipinski definition) is 0. The van der Waals surface area contributed by atoms with Gasteiger partial charge in [0.1, 0.15) is 24.0 Å². The average Bonchev–Trinajstić information content (AvgIpc) is 3.43. The van der Waals surface area contributed by atoms with Crippen molar-refractivity contribution in [2.24, 2.45) is 13.0 Å². The predicted octanol–water partition coefficient (Wildman–Crippen LogP) is 7.41. The lowest BCUT2D eigenvalue weighted by Crippen LogP contribution is -2.33. The first kappa shape index (κ1) is 19.5. The van der Waals surface area contributed by atoms with E-state index in [2.05, 4.69) is 61.0 Å². The minimum absolute atomic E-state index is 0.273. The van der Waals surface area contributed by atoms with Crippen molar-refractivity contribution in [3.05, 3.63) is 77.6 Å². The molecule has 1 fully saturated rings. The molecule has 0 saturated heterocycles. The van der Waals surface area contributed by atoms with Crippen LogP contribution in [-0.2, 0) is 13.5 Å².